The van der Waals surface area contributed by atoms with Gasteiger partial charge in [-0.15, -0.1) is 17.9 Å². The summed E-state index contributed by atoms with van der Waals surface area (Å²) in [5.41, 5.74) is 2.24. The zero-order chi connectivity index (χ0) is 25.0. The second kappa shape index (κ2) is 14.1. The number of unbranched alkanes of at least 4 members (excludes halogenated alkanes) is 6. The second-order valence-electron chi connectivity index (χ2n) is 9.25. The highest BCUT2D eigenvalue weighted by Crippen LogP contribution is 2.38. The summed E-state index contributed by atoms with van der Waals surface area (Å²) in [6, 6.07) is 9.92. The Morgan fingerprint density at radius 3 is 2.51 bits per heavy atom. The Morgan fingerprint density at radius 1 is 1.11 bits per heavy atom. The normalized spacial score (nSPS) is 14.9. The first kappa shape index (κ1) is 27.0. The van der Waals surface area contributed by atoms with Crippen LogP contribution in [0.4, 0.5) is 0 Å². The largest absolute Gasteiger partial charge is 0.497 e. The molecule has 1 aliphatic heterocycles. The Bertz CT molecular complexity index is 953. The van der Waals surface area contributed by atoms with E-state index in [1.54, 1.807) is 29.4 Å². The lowest BCUT2D eigenvalue weighted by atomic mass is 9.93. The Morgan fingerprint density at radius 2 is 1.83 bits per heavy atom. The van der Waals surface area contributed by atoms with E-state index in [9.17, 15) is 9.59 Å². The zero-order valence-corrected chi connectivity index (χ0v) is 22.2. The number of hydrogen-bond donors (Lipinski definition) is 0. The second-order valence-corrected chi connectivity index (χ2v) is 10.2. The summed E-state index contributed by atoms with van der Waals surface area (Å²) in [4.78, 5) is 31.5. The van der Waals surface area contributed by atoms with Gasteiger partial charge in [-0.2, -0.15) is 0 Å². The van der Waals surface area contributed by atoms with E-state index in [2.05, 4.69) is 24.9 Å². The van der Waals surface area contributed by atoms with Crippen LogP contribution in [0.5, 0.6) is 5.75 Å². The number of thiophene rings is 1. The number of amides is 2. The highest BCUT2D eigenvalue weighted by molar-refractivity contribution is 7.10. The highest BCUT2D eigenvalue weighted by Gasteiger charge is 2.33. The molecular weight excluding hydrogens is 456 g/mol. The summed E-state index contributed by atoms with van der Waals surface area (Å²) in [5.74, 6) is 0.819. The number of carbonyl (C=O) groups excluding carboxylic acids is 2. The molecule has 0 saturated heterocycles. The summed E-state index contributed by atoms with van der Waals surface area (Å²) in [7, 11) is 1.65. The van der Waals surface area contributed by atoms with Gasteiger partial charge in [0.05, 0.1) is 13.2 Å². The van der Waals surface area contributed by atoms with E-state index in [0.717, 1.165) is 30.6 Å². The van der Waals surface area contributed by atoms with Crippen LogP contribution in [0.15, 0.2) is 48.4 Å². The molecule has 1 atom stereocenters. The van der Waals surface area contributed by atoms with Gasteiger partial charge in [0.25, 0.3) is 0 Å². The lowest BCUT2D eigenvalue weighted by molar-refractivity contribution is -0.141. The molecule has 1 unspecified atom stereocenters. The molecule has 0 bridgehead atoms. The van der Waals surface area contributed by atoms with E-state index in [4.69, 9.17) is 4.74 Å². The molecule has 1 aliphatic rings. The maximum absolute atomic E-state index is 13.6. The molecule has 2 aromatic rings. The molecule has 5 nitrogen and oxygen atoms in total. The standard InChI is InChI=1S/C29H40N2O3S/c1-4-6-7-8-9-10-11-12-27(32)30(19-5-2)22-28(33)31-20-17-26-25(18-21-35-26)29(31)23-13-15-24(34-3)16-14-23/h5,13-16,18,21,29H,2,4,6-12,17,19-20,22H2,1,3H3. The Labute approximate surface area is 214 Å². The zero-order valence-electron chi connectivity index (χ0n) is 21.3. The van der Waals surface area contributed by atoms with Crippen LogP contribution in [0.3, 0.4) is 0 Å². The van der Waals surface area contributed by atoms with Gasteiger partial charge < -0.3 is 14.5 Å². The third kappa shape index (κ3) is 7.44. The molecule has 0 aliphatic carbocycles. The molecule has 0 saturated carbocycles. The van der Waals surface area contributed by atoms with E-state index in [1.165, 1.54) is 42.5 Å². The first-order valence-corrected chi connectivity index (χ1v) is 13.8. The van der Waals surface area contributed by atoms with Crippen LogP contribution in [0.25, 0.3) is 0 Å². The van der Waals surface area contributed by atoms with Gasteiger partial charge in [-0.05, 0) is 47.5 Å². The molecule has 0 N–H and O–H groups in total. The van der Waals surface area contributed by atoms with Crippen LogP contribution < -0.4 is 4.74 Å². The van der Waals surface area contributed by atoms with E-state index >= 15 is 0 Å². The fourth-order valence-corrected chi connectivity index (χ4v) is 5.69. The monoisotopic (exact) mass is 496 g/mol. The summed E-state index contributed by atoms with van der Waals surface area (Å²) in [6.07, 6.45) is 11.2. The number of benzene rings is 1. The van der Waals surface area contributed by atoms with Crippen molar-refractivity contribution in [1.82, 2.24) is 9.80 Å². The first-order chi connectivity index (χ1) is 17.1. The molecule has 0 spiro atoms. The third-order valence-electron chi connectivity index (χ3n) is 6.74. The number of hydrogen-bond acceptors (Lipinski definition) is 4. The van der Waals surface area contributed by atoms with Gasteiger partial charge in [-0.1, -0.05) is 63.7 Å². The number of methoxy groups -OCH3 is 1. The van der Waals surface area contributed by atoms with Gasteiger partial charge >= 0.3 is 0 Å². The molecule has 35 heavy (non-hydrogen) atoms. The fraction of sp³-hybridized carbons (Fsp3) is 0.517. The van der Waals surface area contributed by atoms with Crippen molar-refractivity contribution in [2.45, 2.75) is 70.8 Å². The summed E-state index contributed by atoms with van der Waals surface area (Å²) < 4.78 is 5.32. The molecular formula is C29H40N2O3S. The molecule has 190 valence electrons. The number of ether oxygens (including phenoxy) is 1. The van der Waals surface area contributed by atoms with Crippen molar-refractivity contribution in [1.29, 1.82) is 0 Å². The maximum atomic E-state index is 13.6. The van der Waals surface area contributed by atoms with Gasteiger partial charge in [0.15, 0.2) is 0 Å². The Hall–Kier alpha value is -2.60. The van der Waals surface area contributed by atoms with Gasteiger partial charge in [0.2, 0.25) is 11.8 Å². The number of fused-ring (bicyclic) bond motifs is 1. The van der Waals surface area contributed by atoms with Gasteiger partial charge in [0, 0.05) is 24.4 Å². The minimum absolute atomic E-state index is 0.0163. The van der Waals surface area contributed by atoms with Crippen molar-refractivity contribution in [2.75, 3.05) is 26.7 Å². The average molecular weight is 497 g/mol. The van der Waals surface area contributed by atoms with E-state index in [-0.39, 0.29) is 24.4 Å². The van der Waals surface area contributed by atoms with Crippen LogP contribution in [-0.4, -0.2) is 48.4 Å². The van der Waals surface area contributed by atoms with Crippen LogP contribution in [0.1, 0.15) is 80.3 Å². The van der Waals surface area contributed by atoms with Crippen molar-refractivity contribution in [3.63, 3.8) is 0 Å². The van der Waals surface area contributed by atoms with Crippen LogP contribution in [0.2, 0.25) is 0 Å². The van der Waals surface area contributed by atoms with Crippen molar-refractivity contribution in [2.24, 2.45) is 0 Å². The summed E-state index contributed by atoms with van der Waals surface area (Å²) >= 11 is 1.75. The quantitative estimate of drug-likeness (QED) is 0.225. The predicted molar refractivity (Wildman–Crippen MR) is 144 cm³/mol. The number of carbonyl (C=O) groups is 2. The van der Waals surface area contributed by atoms with Crippen molar-refractivity contribution >= 4 is 23.2 Å². The molecule has 6 heteroatoms. The predicted octanol–water partition coefficient (Wildman–Crippen LogP) is 6.39. The SMILES string of the molecule is C=CCN(CC(=O)N1CCc2sccc2C1c1ccc(OC)cc1)C(=O)CCCCCCCCC. The van der Waals surface area contributed by atoms with Gasteiger partial charge in [0.1, 0.15) is 12.3 Å². The third-order valence-corrected chi connectivity index (χ3v) is 7.74. The molecule has 2 heterocycles. The smallest absolute Gasteiger partial charge is 0.243 e. The molecule has 1 aromatic carbocycles. The van der Waals surface area contributed by atoms with Crippen LogP contribution in [-0.2, 0) is 16.0 Å². The lowest BCUT2D eigenvalue weighted by Gasteiger charge is -2.37. The fourth-order valence-electron chi connectivity index (χ4n) is 4.79. The molecule has 3 rings (SSSR count). The van der Waals surface area contributed by atoms with E-state index in [1.807, 2.05) is 29.2 Å². The van der Waals surface area contributed by atoms with Gasteiger partial charge in [-0.3, -0.25) is 9.59 Å². The van der Waals surface area contributed by atoms with Crippen molar-refractivity contribution < 1.29 is 14.3 Å². The summed E-state index contributed by atoms with van der Waals surface area (Å²) in [5, 5.41) is 2.10. The van der Waals surface area contributed by atoms with Gasteiger partial charge in [-0.25, -0.2) is 0 Å². The highest BCUT2D eigenvalue weighted by atomic mass is 32.1. The maximum Gasteiger partial charge on any atom is 0.243 e. The van der Waals surface area contributed by atoms with E-state index in [0.29, 0.717) is 19.5 Å². The Balaban J connectivity index is 1.65. The molecule has 1 aromatic heterocycles. The molecule has 0 radical (unpaired) electrons. The molecule has 2 amide bonds. The molecule has 0 fully saturated rings. The minimum atomic E-state index is -0.146. The van der Waals surface area contributed by atoms with E-state index < -0.39 is 0 Å². The Kier molecular flexibility index (Phi) is 10.9. The number of rotatable bonds is 14. The lowest BCUT2D eigenvalue weighted by Crippen LogP contribution is -2.46. The van der Waals surface area contributed by atoms with Crippen molar-refractivity contribution in [3.05, 3.63) is 64.4 Å². The average Bonchev–Trinajstić information content (AvgIpc) is 3.36. The minimum Gasteiger partial charge on any atom is -0.497 e. The topological polar surface area (TPSA) is 49.9 Å². The van der Waals surface area contributed by atoms with Crippen LogP contribution in [0, 0.1) is 0 Å². The number of nitrogens with zero attached hydrogens (tertiary/aromatic N) is 2. The van der Waals surface area contributed by atoms with Crippen molar-refractivity contribution in [3.8, 4) is 5.75 Å². The van der Waals surface area contributed by atoms with Crippen LogP contribution >= 0.6 is 11.3 Å². The first-order valence-electron chi connectivity index (χ1n) is 13.0. The summed E-state index contributed by atoms with van der Waals surface area (Å²) in [6.45, 7) is 7.17.